The third kappa shape index (κ3) is 1.53. The van der Waals surface area contributed by atoms with Crippen molar-refractivity contribution in [1.82, 2.24) is 10.0 Å². The molecule has 2 rings (SSSR count). The fourth-order valence-corrected chi connectivity index (χ4v) is 1.68. The van der Waals surface area contributed by atoms with Crippen LogP contribution in [-0.4, -0.2) is 24.1 Å². The van der Waals surface area contributed by atoms with Crippen LogP contribution in [0, 0.1) is 0 Å². The molecule has 3 heteroatoms. The minimum Gasteiger partial charge on any atom is -0.399 e. The summed E-state index contributed by atoms with van der Waals surface area (Å²) in [6.45, 7) is 1.98. The summed E-state index contributed by atoms with van der Waals surface area (Å²) in [6.07, 6.45) is 0. The fourth-order valence-electron chi connectivity index (χ4n) is 1.68. The number of anilines is 1. The van der Waals surface area contributed by atoms with Gasteiger partial charge in [0, 0.05) is 32.9 Å². The first-order chi connectivity index (χ1) is 6.16. The number of rotatable bonds is 1. The van der Waals surface area contributed by atoms with Gasteiger partial charge in [-0.25, -0.2) is 10.0 Å². The van der Waals surface area contributed by atoms with Gasteiger partial charge in [-0.1, -0.05) is 6.07 Å². The van der Waals surface area contributed by atoms with Gasteiger partial charge in [-0.05, 0) is 23.3 Å². The van der Waals surface area contributed by atoms with Crippen LogP contribution in [0.25, 0.3) is 0 Å². The van der Waals surface area contributed by atoms with Crippen molar-refractivity contribution in [2.24, 2.45) is 0 Å². The largest absolute Gasteiger partial charge is 0.399 e. The SMILES string of the molecule is CN(C)N1Cc2ccc(N)cc2C1. The Kier molecular flexibility index (Phi) is 1.98. The zero-order valence-electron chi connectivity index (χ0n) is 8.12. The number of fused-ring (bicyclic) bond motifs is 1. The van der Waals surface area contributed by atoms with Crippen molar-refractivity contribution in [3.63, 3.8) is 0 Å². The maximum absolute atomic E-state index is 5.72. The summed E-state index contributed by atoms with van der Waals surface area (Å²) >= 11 is 0. The van der Waals surface area contributed by atoms with Gasteiger partial charge < -0.3 is 5.73 Å². The second-order valence-electron chi connectivity index (χ2n) is 3.70. The quantitative estimate of drug-likeness (QED) is 0.651. The highest BCUT2D eigenvalue weighted by Gasteiger charge is 2.19. The van der Waals surface area contributed by atoms with E-state index in [9.17, 15) is 0 Å². The summed E-state index contributed by atoms with van der Waals surface area (Å²) in [7, 11) is 4.13. The molecule has 1 aromatic carbocycles. The third-order valence-corrected chi connectivity index (χ3v) is 2.50. The van der Waals surface area contributed by atoms with Crippen LogP contribution in [0.15, 0.2) is 18.2 Å². The van der Waals surface area contributed by atoms with Crippen molar-refractivity contribution in [2.75, 3.05) is 19.8 Å². The molecule has 3 nitrogen and oxygen atoms in total. The Morgan fingerprint density at radius 1 is 1.23 bits per heavy atom. The minimum absolute atomic E-state index is 0.861. The molecule has 1 heterocycles. The van der Waals surface area contributed by atoms with Gasteiger partial charge >= 0.3 is 0 Å². The van der Waals surface area contributed by atoms with E-state index in [2.05, 4.69) is 36.2 Å². The smallest absolute Gasteiger partial charge is 0.0391 e. The summed E-state index contributed by atoms with van der Waals surface area (Å²) in [5.74, 6) is 0. The van der Waals surface area contributed by atoms with Gasteiger partial charge in [0.2, 0.25) is 0 Å². The number of hydrazine groups is 1. The Hall–Kier alpha value is -1.06. The molecule has 1 aliphatic heterocycles. The highest BCUT2D eigenvalue weighted by atomic mass is 15.6. The number of nitrogen functional groups attached to an aromatic ring is 1. The van der Waals surface area contributed by atoms with Crippen molar-refractivity contribution >= 4 is 5.69 Å². The van der Waals surface area contributed by atoms with Crippen molar-refractivity contribution in [1.29, 1.82) is 0 Å². The number of nitrogens with zero attached hydrogens (tertiary/aromatic N) is 2. The molecule has 0 radical (unpaired) electrons. The molecule has 1 aliphatic rings. The lowest BCUT2D eigenvalue weighted by atomic mass is 10.1. The van der Waals surface area contributed by atoms with Crippen LogP contribution >= 0.6 is 0 Å². The van der Waals surface area contributed by atoms with Crippen molar-refractivity contribution < 1.29 is 0 Å². The molecule has 0 atom stereocenters. The van der Waals surface area contributed by atoms with Gasteiger partial charge in [-0.3, -0.25) is 0 Å². The molecule has 70 valence electrons. The summed E-state index contributed by atoms with van der Waals surface area (Å²) in [4.78, 5) is 0. The van der Waals surface area contributed by atoms with Gasteiger partial charge in [0.1, 0.15) is 0 Å². The van der Waals surface area contributed by atoms with Gasteiger partial charge in [-0.2, -0.15) is 0 Å². The Balaban J connectivity index is 2.25. The van der Waals surface area contributed by atoms with Gasteiger partial charge in [0.25, 0.3) is 0 Å². The number of benzene rings is 1. The molecule has 13 heavy (non-hydrogen) atoms. The number of hydrogen-bond acceptors (Lipinski definition) is 3. The monoisotopic (exact) mass is 177 g/mol. The van der Waals surface area contributed by atoms with E-state index in [-0.39, 0.29) is 0 Å². The molecule has 0 spiro atoms. The molecule has 0 aliphatic carbocycles. The predicted molar refractivity (Wildman–Crippen MR) is 53.8 cm³/mol. The predicted octanol–water partition coefficient (Wildman–Crippen LogP) is 1.06. The van der Waals surface area contributed by atoms with Gasteiger partial charge in [0.05, 0.1) is 0 Å². The maximum Gasteiger partial charge on any atom is 0.0391 e. The molecule has 2 N–H and O–H groups in total. The van der Waals surface area contributed by atoms with E-state index in [1.165, 1.54) is 11.1 Å². The lowest BCUT2D eigenvalue weighted by Gasteiger charge is -2.22. The summed E-state index contributed by atoms with van der Waals surface area (Å²) in [6, 6.07) is 6.16. The lowest BCUT2D eigenvalue weighted by Crippen LogP contribution is -2.31. The minimum atomic E-state index is 0.861. The van der Waals surface area contributed by atoms with Crippen LogP contribution in [0.2, 0.25) is 0 Å². The van der Waals surface area contributed by atoms with Crippen molar-refractivity contribution in [2.45, 2.75) is 13.1 Å². The summed E-state index contributed by atoms with van der Waals surface area (Å²) in [5.41, 5.74) is 9.33. The summed E-state index contributed by atoms with van der Waals surface area (Å²) < 4.78 is 0. The van der Waals surface area contributed by atoms with E-state index in [1.54, 1.807) is 0 Å². The average molecular weight is 177 g/mol. The highest BCUT2D eigenvalue weighted by molar-refractivity contribution is 5.45. The van der Waals surface area contributed by atoms with Crippen molar-refractivity contribution in [3.05, 3.63) is 29.3 Å². The van der Waals surface area contributed by atoms with E-state index in [0.29, 0.717) is 0 Å². The zero-order valence-corrected chi connectivity index (χ0v) is 8.12. The molecular formula is C10H15N3. The highest BCUT2D eigenvalue weighted by Crippen LogP contribution is 2.24. The first-order valence-corrected chi connectivity index (χ1v) is 4.46. The molecule has 1 aromatic rings. The van der Waals surface area contributed by atoms with Crippen LogP contribution in [0.3, 0.4) is 0 Å². The molecule has 0 saturated carbocycles. The standard InChI is InChI=1S/C10H15N3/c1-12(2)13-6-8-3-4-10(11)5-9(8)7-13/h3-5H,6-7,11H2,1-2H3. The van der Waals surface area contributed by atoms with Crippen LogP contribution in [0.1, 0.15) is 11.1 Å². The second kappa shape index (κ2) is 3.01. The molecule has 0 amide bonds. The zero-order chi connectivity index (χ0) is 9.42. The lowest BCUT2D eigenvalue weighted by molar-refractivity contribution is 0.0210. The fraction of sp³-hybridized carbons (Fsp3) is 0.400. The van der Waals surface area contributed by atoms with Crippen LogP contribution < -0.4 is 5.73 Å². The topological polar surface area (TPSA) is 32.5 Å². The molecule has 0 bridgehead atoms. The Morgan fingerprint density at radius 2 is 1.92 bits per heavy atom. The van der Waals surface area contributed by atoms with Crippen LogP contribution in [0.4, 0.5) is 5.69 Å². The first-order valence-electron chi connectivity index (χ1n) is 4.46. The molecule has 0 fully saturated rings. The van der Waals surface area contributed by atoms with E-state index < -0.39 is 0 Å². The van der Waals surface area contributed by atoms with E-state index in [4.69, 9.17) is 5.73 Å². The Labute approximate surface area is 78.7 Å². The van der Waals surface area contributed by atoms with Gasteiger partial charge in [-0.15, -0.1) is 0 Å². The van der Waals surface area contributed by atoms with Gasteiger partial charge in [0.15, 0.2) is 0 Å². The molecular weight excluding hydrogens is 162 g/mol. The van der Waals surface area contributed by atoms with E-state index >= 15 is 0 Å². The molecule has 0 aromatic heterocycles. The van der Waals surface area contributed by atoms with Crippen molar-refractivity contribution in [3.8, 4) is 0 Å². The van der Waals surface area contributed by atoms with E-state index in [0.717, 1.165) is 18.8 Å². The maximum atomic E-state index is 5.72. The second-order valence-corrected chi connectivity index (χ2v) is 3.70. The summed E-state index contributed by atoms with van der Waals surface area (Å²) in [5, 5.41) is 4.40. The van der Waals surface area contributed by atoms with Crippen LogP contribution in [0.5, 0.6) is 0 Å². The number of nitrogens with two attached hydrogens (primary N) is 1. The Morgan fingerprint density at radius 3 is 2.62 bits per heavy atom. The van der Waals surface area contributed by atoms with E-state index in [1.807, 2.05) is 6.07 Å². The average Bonchev–Trinajstić information content (AvgIpc) is 2.46. The number of hydrogen-bond donors (Lipinski definition) is 1. The normalized spacial score (nSPS) is 16.5. The molecule has 0 saturated heterocycles. The molecule has 0 unspecified atom stereocenters. The first kappa shape index (κ1) is 8.53. The third-order valence-electron chi connectivity index (χ3n) is 2.50. The Bertz CT molecular complexity index is 320. The van der Waals surface area contributed by atoms with Crippen LogP contribution in [-0.2, 0) is 13.1 Å².